The highest BCUT2D eigenvalue weighted by atomic mass is 16.6. The lowest BCUT2D eigenvalue weighted by Crippen LogP contribution is -2.11. The lowest BCUT2D eigenvalue weighted by atomic mass is 10.3. The highest BCUT2D eigenvalue weighted by molar-refractivity contribution is 5.69. The first-order chi connectivity index (χ1) is 9.04. The molecule has 0 aliphatic carbocycles. The number of nitrogens with zero attached hydrogens (tertiary/aromatic N) is 3. The lowest BCUT2D eigenvalue weighted by Gasteiger charge is -2.06. The summed E-state index contributed by atoms with van der Waals surface area (Å²) < 4.78 is 4.75. The molecule has 104 valence electrons. The van der Waals surface area contributed by atoms with Gasteiger partial charge >= 0.3 is 11.7 Å². The summed E-state index contributed by atoms with van der Waals surface area (Å²) in [6.45, 7) is 2.40. The summed E-state index contributed by atoms with van der Waals surface area (Å²) in [6.07, 6.45) is 1.74. The van der Waals surface area contributed by atoms with Crippen LogP contribution in [-0.2, 0) is 9.53 Å². The molecule has 0 aliphatic rings. The molecule has 0 aliphatic heterocycles. The third-order valence-electron chi connectivity index (χ3n) is 2.14. The summed E-state index contributed by atoms with van der Waals surface area (Å²) in [5.41, 5.74) is 5.10. The van der Waals surface area contributed by atoms with Gasteiger partial charge in [0.1, 0.15) is 6.20 Å². The van der Waals surface area contributed by atoms with Crippen LogP contribution in [0.2, 0.25) is 0 Å². The minimum Gasteiger partial charge on any atom is -0.466 e. The number of nitrogens with two attached hydrogens (primary N) is 1. The van der Waals surface area contributed by atoms with E-state index < -0.39 is 4.92 Å². The first-order valence-electron chi connectivity index (χ1n) is 5.71. The van der Waals surface area contributed by atoms with Crippen molar-refractivity contribution in [2.75, 3.05) is 24.2 Å². The first kappa shape index (κ1) is 14.6. The normalized spacial score (nSPS) is 9.95. The number of nitrogen functional groups attached to an aromatic ring is 1. The third kappa shape index (κ3) is 4.74. The largest absolute Gasteiger partial charge is 0.466 e. The van der Waals surface area contributed by atoms with Gasteiger partial charge in [-0.2, -0.15) is 4.98 Å². The van der Waals surface area contributed by atoms with Crippen LogP contribution < -0.4 is 11.1 Å². The van der Waals surface area contributed by atoms with E-state index in [4.69, 9.17) is 10.5 Å². The number of anilines is 2. The standard InChI is InChI=1S/C10H15N5O4/c1-2-19-8(16)4-3-5-12-9-7(15(17)18)6-13-10(11)14-9/h6H,2-5H2,1H3,(H3,11,12,13,14). The average Bonchev–Trinajstić information content (AvgIpc) is 2.34. The van der Waals surface area contributed by atoms with Crippen molar-refractivity contribution in [1.29, 1.82) is 0 Å². The quantitative estimate of drug-likeness (QED) is 0.320. The summed E-state index contributed by atoms with van der Waals surface area (Å²) in [5.74, 6) is -0.319. The Hall–Kier alpha value is -2.45. The molecule has 0 amide bonds. The van der Waals surface area contributed by atoms with E-state index in [0.29, 0.717) is 19.6 Å². The maximum Gasteiger partial charge on any atom is 0.329 e. The monoisotopic (exact) mass is 269 g/mol. The number of hydrogen-bond acceptors (Lipinski definition) is 8. The van der Waals surface area contributed by atoms with Gasteiger partial charge < -0.3 is 15.8 Å². The van der Waals surface area contributed by atoms with Crippen molar-refractivity contribution >= 4 is 23.4 Å². The zero-order chi connectivity index (χ0) is 14.3. The molecule has 0 atom stereocenters. The van der Waals surface area contributed by atoms with Gasteiger partial charge in [0.2, 0.25) is 11.8 Å². The van der Waals surface area contributed by atoms with Crippen LogP contribution in [0.4, 0.5) is 17.5 Å². The Bertz CT molecular complexity index is 465. The van der Waals surface area contributed by atoms with Gasteiger partial charge in [0.15, 0.2) is 0 Å². The van der Waals surface area contributed by atoms with Crippen LogP contribution in [0.15, 0.2) is 6.20 Å². The van der Waals surface area contributed by atoms with Gasteiger partial charge in [-0.05, 0) is 13.3 Å². The minimum atomic E-state index is -0.604. The van der Waals surface area contributed by atoms with E-state index in [1.807, 2.05) is 0 Å². The number of nitrogens with one attached hydrogen (secondary N) is 1. The molecule has 9 nitrogen and oxygen atoms in total. The predicted molar refractivity (Wildman–Crippen MR) is 67.5 cm³/mol. The van der Waals surface area contributed by atoms with E-state index in [1.54, 1.807) is 6.92 Å². The minimum absolute atomic E-state index is 0.0429. The Morgan fingerprint density at radius 2 is 2.37 bits per heavy atom. The summed E-state index contributed by atoms with van der Waals surface area (Å²) in [7, 11) is 0. The van der Waals surface area contributed by atoms with Crippen molar-refractivity contribution in [3.05, 3.63) is 16.3 Å². The second-order valence-corrected chi connectivity index (χ2v) is 3.55. The lowest BCUT2D eigenvalue weighted by molar-refractivity contribution is -0.384. The van der Waals surface area contributed by atoms with Crippen molar-refractivity contribution in [1.82, 2.24) is 9.97 Å². The van der Waals surface area contributed by atoms with Crippen LogP contribution in [0.5, 0.6) is 0 Å². The summed E-state index contributed by atoms with van der Waals surface area (Å²) in [4.78, 5) is 28.5. The third-order valence-corrected chi connectivity index (χ3v) is 2.14. The highest BCUT2D eigenvalue weighted by Crippen LogP contribution is 2.20. The highest BCUT2D eigenvalue weighted by Gasteiger charge is 2.16. The van der Waals surface area contributed by atoms with E-state index in [9.17, 15) is 14.9 Å². The van der Waals surface area contributed by atoms with Gasteiger partial charge in [-0.15, -0.1) is 0 Å². The number of rotatable bonds is 7. The molecule has 9 heteroatoms. The fourth-order valence-corrected chi connectivity index (χ4v) is 1.33. The zero-order valence-electron chi connectivity index (χ0n) is 10.5. The molecular weight excluding hydrogens is 254 g/mol. The maximum absolute atomic E-state index is 11.1. The molecule has 3 N–H and O–H groups in total. The molecule has 0 bridgehead atoms. The van der Waals surface area contributed by atoms with Crippen LogP contribution in [0, 0.1) is 10.1 Å². The SMILES string of the molecule is CCOC(=O)CCCNc1nc(N)ncc1[N+](=O)[O-]. The molecule has 0 radical (unpaired) electrons. The van der Waals surface area contributed by atoms with Crippen LogP contribution >= 0.6 is 0 Å². The van der Waals surface area contributed by atoms with E-state index in [1.165, 1.54) is 0 Å². The predicted octanol–water partition coefficient (Wildman–Crippen LogP) is 0.722. The summed E-state index contributed by atoms with van der Waals surface area (Å²) in [5, 5.41) is 13.5. The molecule has 19 heavy (non-hydrogen) atoms. The molecule has 0 fully saturated rings. The number of nitro groups is 1. The molecule has 1 aromatic rings. The van der Waals surface area contributed by atoms with Crippen LogP contribution in [0.1, 0.15) is 19.8 Å². The number of carbonyl (C=O) groups is 1. The number of esters is 1. The summed E-state index contributed by atoms with van der Waals surface area (Å²) in [6, 6.07) is 0. The van der Waals surface area contributed by atoms with Gasteiger partial charge in [0, 0.05) is 13.0 Å². The van der Waals surface area contributed by atoms with E-state index in [-0.39, 0.29) is 29.8 Å². The fourth-order valence-electron chi connectivity index (χ4n) is 1.33. The molecule has 0 saturated heterocycles. The van der Waals surface area contributed by atoms with E-state index in [0.717, 1.165) is 6.20 Å². The molecule has 1 heterocycles. The Morgan fingerprint density at radius 1 is 1.63 bits per heavy atom. The Morgan fingerprint density at radius 3 is 3.00 bits per heavy atom. The fraction of sp³-hybridized carbons (Fsp3) is 0.500. The molecule has 0 unspecified atom stereocenters. The maximum atomic E-state index is 11.1. The summed E-state index contributed by atoms with van der Waals surface area (Å²) >= 11 is 0. The first-order valence-corrected chi connectivity index (χ1v) is 5.71. The van der Waals surface area contributed by atoms with Crippen molar-refractivity contribution in [2.24, 2.45) is 0 Å². The molecule has 1 aromatic heterocycles. The van der Waals surface area contributed by atoms with Crippen molar-refractivity contribution in [2.45, 2.75) is 19.8 Å². The van der Waals surface area contributed by atoms with Gasteiger partial charge in [-0.25, -0.2) is 4.98 Å². The zero-order valence-corrected chi connectivity index (χ0v) is 10.5. The van der Waals surface area contributed by atoms with Crippen molar-refractivity contribution in [3.63, 3.8) is 0 Å². The van der Waals surface area contributed by atoms with Crippen LogP contribution in [0.3, 0.4) is 0 Å². The molecule has 0 aromatic carbocycles. The Kier molecular flexibility index (Phi) is 5.45. The Balaban J connectivity index is 2.51. The van der Waals surface area contributed by atoms with E-state index >= 15 is 0 Å². The van der Waals surface area contributed by atoms with Crippen LogP contribution in [0.25, 0.3) is 0 Å². The van der Waals surface area contributed by atoms with Crippen molar-refractivity contribution < 1.29 is 14.5 Å². The number of hydrogen-bond donors (Lipinski definition) is 2. The molecule has 1 rings (SSSR count). The molecule has 0 spiro atoms. The average molecular weight is 269 g/mol. The van der Waals surface area contributed by atoms with Gasteiger partial charge in [0.05, 0.1) is 11.5 Å². The second kappa shape index (κ2) is 7.09. The van der Waals surface area contributed by atoms with Gasteiger partial charge in [-0.3, -0.25) is 14.9 Å². The Labute approximate surface area is 109 Å². The van der Waals surface area contributed by atoms with E-state index in [2.05, 4.69) is 15.3 Å². The number of ether oxygens (including phenoxy) is 1. The van der Waals surface area contributed by atoms with Gasteiger partial charge in [-0.1, -0.05) is 0 Å². The number of aromatic nitrogens is 2. The topological polar surface area (TPSA) is 133 Å². The number of carbonyl (C=O) groups excluding carboxylic acids is 1. The smallest absolute Gasteiger partial charge is 0.329 e. The van der Waals surface area contributed by atoms with Crippen molar-refractivity contribution in [3.8, 4) is 0 Å². The van der Waals surface area contributed by atoms with Crippen LogP contribution in [-0.4, -0.2) is 34.0 Å². The van der Waals surface area contributed by atoms with Gasteiger partial charge in [0.25, 0.3) is 0 Å². The molecule has 0 saturated carbocycles. The second-order valence-electron chi connectivity index (χ2n) is 3.55. The molecular formula is C10H15N5O4.